The van der Waals surface area contributed by atoms with E-state index in [1.54, 1.807) is 0 Å². The summed E-state index contributed by atoms with van der Waals surface area (Å²) in [4.78, 5) is 31.3. The van der Waals surface area contributed by atoms with Gasteiger partial charge in [-0.2, -0.15) is 0 Å². The van der Waals surface area contributed by atoms with E-state index in [1.807, 2.05) is 0 Å². The van der Waals surface area contributed by atoms with Crippen LogP contribution in [0.15, 0.2) is 46.6 Å². The van der Waals surface area contributed by atoms with E-state index >= 15 is 0 Å². The van der Waals surface area contributed by atoms with Crippen molar-refractivity contribution in [1.29, 1.82) is 0 Å². The van der Waals surface area contributed by atoms with Gasteiger partial charge in [-0.15, -0.1) is 0 Å². The van der Waals surface area contributed by atoms with Crippen LogP contribution in [0.25, 0.3) is 0 Å². The van der Waals surface area contributed by atoms with Crippen LogP contribution in [0.1, 0.15) is 137 Å². The molecule has 0 saturated heterocycles. The fourth-order valence-electron chi connectivity index (χ4n) is 9.12. The predicted octanol–water partition coefficient (Wildman–Crippen LogP) is 8.87. The third-order valence-corrected chi connectivity index (χ3v) is 13.6. The molecule has 9 nitrogen and oxygen atoms in total. The number of allylic oxidation sites excluding steroid dienone is 4. The van der Waals surface area contributed by atoms with Gasteiger partial charge in [0.1, 0.15) is 5.60 Å². The summed E-state index contributed by atoms with van der Waals surface area (Å²) in [7, 11) is -5.22. The lowest BCUT2D eigenvalue weighted by Crippen LogP contribution is -2.60. The van der Waals surface area contributed by atoms with Crippen molar-refractivity contribution in [3.63, 3.8) is 0 Å². The molecule has 0 amide bonds. The first-order chi connectivity index (χ1) is 22.9. The van der Waals surface area contributed by atoms with Crippen LogP contribution in [0.2, 0.25) is 0 Å². The van der Waals surface area contributed by atoms with Crippen molar-refractivity contribution in [2.45, 2.75) is 143 Å². The van der Waals surface area contributed by atoms with E-state index < -0.39 is 48.0 Å². The third-order valence-electron chi connectivity index (χ3n) is 12.4. The maximum atomic E-state index is 13.7. The Hall–Kier alpha value is -0.540. The molecule has 0 aromatic carbocycles. The summed E-state index contributed by atoms with van der Waals surface area (Å²) in [5.74, 6) is 0. The Kier molecular flexibility index (Phi) is 15.4. The Morgan fingerprint density at radius 3 is 0.923 bits per heavy atom. The molecule has 8 N–H and O–H groups in total. The van der Waals surface area contributed by atoms with Crippen LogP contribution in [0.5, 0.6) is 0 Å². The summed E-state index contributed by atoms with van der Waals surface area (Å²) >= 11 is 0. The summed E-state index contributed by atoms with van der Waals surface area (Å²) < 4.78 is 3.60. The SMILES string of the molecule is CC(C)(C)C1=C(C(O)(C2=C(C(C)(C)C)CC(C(C)(C)C)(C(C)(C)C)C=C2)C(CO)(CO)CO)C=CC(C(C)(C)C)(C(C)(C)C)C1.OP(O)OP(O)O. The molecule has 52 heavy (non-hydrogen) atoms. The lowest BCUT2D eigenvalue weighted by molar-refractivity contribution is -0.114. The highest BCUT2D eigenvalue weighted by atomic mass is 31.2. The van der Waals surface area contributed by atoms with Crippen LogP contribution in [0.4, 0.5) is 0 Å². The van der Waals surface area contributed by atoms with E-state index in [0.29, 0.717) is 24.0 Å². The smallest absolute Gasteiger partial charge is 0.334 e. The van der Waals surface area contributed by atoms with E-state index in [0.717, 1.165) is 11.1 Å². The minimum absolute atomic E-state index is 0.0937. The molecule has 0 fully saturated rings. The lowest BCUT2D eigenvalue weighted by atomic mass is 9.46. The standard InChI is InChI=1S/C41H72O4.H4O5P2/c1-32(2,3)30-23-39(34(7,8)9,35(10,11)12)21-19-28(30)41(45,38(25-42,26-43)27-44)29-20-22-40(36(13,14)15,37(16,17)18)24-31(29)33(4,5)6;1-6(2)5-7(3)4/h19-22,42-45H,23-27H2,1-18H3;1-4H. The van der Waals surface area contributed by atoms with Crippen molar-refractivity contribution in [1.82, 2.24) is 0 Å². The average molecular weight is 775 g/mol. The first kappa shape index (κ1) is 49.5. The largest absolute Gasteiger partial charge is 0.395 e. The Balaban J connectivity index is 0.00000174. The molecule has 2 rings (SSSR count). The summed E-state index contributed by atoms with van der Waals surface area (Å²) in [5, 5.41) is 47.0. The van der Waals surface area contributed by atoms with Crippen molar-refractivity contribution in [2.75, 3.05) is 19.8 Å². The van der Waals surface area contributed by atoms with Gasteiger partial charge in [0.2, 0.25) is 0 Å². The highest BCUT2D eigenvalue weighted by Gasteiger charge is 2.61. The van der Waals surface area contributed by atoms with Crippen LogP contribution >= 0.6 is 17.2 Å². The first-order valence-corrected chi connectivity index (χ1v) is 20.7. The van der Waals surface area contributed by atoms with E-state index in [2.05, 4.69) is 153 Å². The van der Waals surface area contributed by atoms with Gasteiger partial charge in [-0.05, 0) is 56.5 Å². The van der Waals surface area contributed by atoms with Crippen molar-refractivity contribution < 1.29 is 44.3 Å². The van der Waals surface area contributed by atoms with Gasteiger partial charge in [-0.25, -0.2) is 4.31 Å². The van der Waals surface area contributed by atoms with Crippen LogP contribution in [0.3, 0.4) is 0 Å². The molecule has 0 aromatic heterocycles. The first-order valence-electron chi connectivity index (χ1n) is 18.4. The van der Waals surface area contributed by atoms with Gasteiger partial charge in [0.15, 0.2) is 0 Å². The Bertz CT molecular complexity index is 1220. The topological polar surface area (TPSA) is 171 Å². The van der Waals surface area contributed by atoms with Crippen molar-refractivity contribution in [3.8, 4) is 0 Å². The molecule has 11 heteroatoms. The maximum absolute atomic E-state index is 13.7. The molecule has 0 atom stereocenters. The average Bonchev–Trinajstić information content (AvgIpc) is 2.93. The molecule has 0 aromatic rings. The van der Waals surface area contributed by atoms with E-state index in [4.69, 9.17) is 19.6 Å². The predicted molar refractivity (Wildman–Crippen MR) is 216 cm³/mol. The zero-order valence-electron chi connectivity index (χ0n) is 35.7. The Labute approximate surface area is 319 Å². The zero-order valence-corrected chi connectivity index (χ0v) is 37.5. The number of hydrogen-bond donors (Lipinski definition) is 8. The lowest BCUT2D eigenvalue weighted by Gasteiger charge is -2.59. The summed E-state index contributed by atoms with van der Waals surface area (Å²) in [5.41, 5.74) is -1.46. The second kappa shape index (κ2) is 16.1. The van der Waals surface area contributed by atoms with Crippen LogP contribution in [-0.4, -0.2) is 65.4 Å². The highest BCUT2D eigenvalue weighted by molar-refractivity contribution is 7.53. The molecule has 0 bridgehead atoms. The maximum Gasteiger partial charge on any atom is 0.334 e. The van der Waals surface area contributed by atoms with Crippen LogP contribution < -0.4 is 0 Å². The molecule has 0 aliphatic heterocycles. The summed E-state index contributed by atoms with van der Waals surface area (Å²) in [6.07, 6.45) is 10.2. The van der Waals surface area contributed by atoms with Crippen molar-refractivity contribution >= 4 is 17.2 Å². The van der Waals surface area contributed by atoms with Gasteiger partial charge >= 0.3 is 17.2 Å². The minimum Gasteiger partial charge on any atom is -0.395 e. The molecule has 2 aliphatic rings. The van der Waals surface area contributed by atoms with Gasteiger partial charge in [0.05, 0.1) is 25.2 Å². The minimum atomic E-state index is -2.61. The third kappa shape index (κ3) is 9.35. The molecule has 2 aliphatic carbocycles. The van der Waals surface area contributed by atoms with Gasteiger partial charge in [-0.1, -0.05) is 160 Å². The van der Waals surface area contributed by atoms with E-state index in [9.17, 15) is 20.4 Å². The molecule has 0 radical (unpaired) electrons. The van der Waals surface area contributed by atoms with Gasteiger partial charge in [0, 0.05) is 10.8 Å². The monoisotopic (exact) mass is 774 g/mol. The zero-order chi connectivity index (χ0) is 41.5. The number of aliphatic hydroxyl groups is 4. The molecular weight excluding hydrogens is 698 g/mol. The number of hydrogen-bond acceptors (Lipinski definition) is 9. The fourth-order valence-corrected chi connectivity index (χ4v) is 9.64. The van der Waals surface area contributed by atoms with Gasteiger partial charge < -0.3 is 40.0 Å². The highest BCUT2D eigenvalue weighted by Crippen LogP contribution is 2.65. The molecule has 0 unspecified atom stereocenters. The number of rotatable bonds is 8. The molecular formula is C41H76O9P2. The second-order valence-corrected chi connectivity index (χ2v) is 23.0. The van der Waals surface area contributed by atoms with Crippen molar-refractivity contribution in [3.05, 3.63) is 46.6 Å². The quantitative estimate of drug-likeness (QED) is 0.112. The summed E-state index contributed by atoms with van der Waals surface area (Å²) in [6, 6.07) is 0. The Morgan fingerprint density at radius 1 is 0.519 bits per heavy atom. The summed E-state index contributed by atoms with van der Waals surface area (Å²) in [6.45, 7) is 38.9. The molecule has 0 heterocycles. The Morgan fingerprint density at radius 2 is 0.769 bits per heavy atom. The van der Waals surface area contributed by atoms with Gasteiger partial charge in [0.25, 0.3) is 0 Å². The molecule has 304 valence electrons. The normalized spacial score (nSPS) is 19.5. The van der Waals surface area contributed by atoms with Crippen LogP contribution in [0, 0.1) is 48.7 Å². The molecule has 0 saturated carbocycles. The van der Waals surface area contributed by atoms with Crippen LogP contribution in [-0.2, 0) is 4.31 Å². The molecule has 0 spiro atoms. The van der Waals surface area contributed by atoms with E-state index in [1.165, 1.54) is 0 Å². The van der Waals surface area contributed by atoms with Gasteiger partial charge in [-0.3, -0.25) is 0 Å². The van der Waals surface area contributed by atoms with Crippen molar-refractivity contribution in [2.24, 2.45) is 48.7 Å². The van der Waals surface area contributed by atoms with E-state index in [-0.39, 0.29) is 43.3 Å². The fraction of sp³-hybridized carbons (Fsp3) is 0.805. The number of aliphatic hydroxyl groups excluding tert-OH is 3. The second-order valence-electron chi connectivity index (χ2n) is 21.3.